The summed E-state index contributed by atoms with van der Waals surface area (Å²) >= 11 is 0. The van der Waals surface area contributed by atoms with Crippen LogP contribution in [0.2, 0.25) is 0 Å². The lowest BCUT2D eigenvalue weighted by Gasteiger charge is -2.25. The monoisotopic (exact) mass is 398 g/mol. The summed E-state index contributed by atoms with van der Waals surface area (Å²) in [6, 6.07) is 7.89. The van der Waals surface area contributed by atoms with Crippen LogP contribution in [-0.2, 0) is 4.79 Å². The number of nitrogens with zero attached hydrogens (tertiary/aromatic N) is 5. The Morgan fingerprint density at radius 1 is 1.21 bits per heavy atom. The summed E-state index contributed by atoms with van der Waals surface area (Å²) < 4.78 is 1.68. The van der Waals surface area contributed by atoms with Crippen LogP contribution in [0, 0.1) is 13.8 Å². The lowest BCUT2D eigenvalue weighted by Crippen LogP contribution is -2.43. The number of benzene rings is 1. The van der Waals surface area contributed by atoms with Gasteiger partial charge >= 0.3 is 0 Å². The van der Waals surface area contributed by atoms with Crippen molar-refractivity contribution in [3.8, 4) is 5.69 Å². The molecule has 2 aromatic rings. The largest absolute Gasteiger partial charge is 0.351 e. The molecule has 29 heavy (non-hydrogen) atoms. The molecule has 1 saturated heterocycles. The number of hydrogen-bond donors (Lipinski definition) is 1. The minimum absolute atomic E-state index is 0.0302. The van der Waals surface area contributed by atoms with Gasteiger partial charge in [0.1, 0.15) is 0 Å². The van der Waals surface area contributed by atoms with Gasteiger partial charge in [-0.3, -0.25) is 14.5 Å². The number of carbonyl (C=O) groups is 2. The van der Waals surface area contributed by atoms with Crippen LogP contribution in [0.1, 0.15) is 41.0 Å². The molecule has 1 aliphatic rings. The molecule has 1 aromatic carbocycles. The van der Waals surface area contributed by atoms with E-state index in [4.69, 9.17) is 0 Å². The average Bonchev–Trinajstić information content (AvgIpc) is 3.31. The Labute approximate surface area is 171 Å². The fraction of sp³-hybridized carbons (Fsp3) is 0.524. The molecule has 1 atom stereocenters. The molecule has 0 bridgehead atoms. The molecular formula is C21H30N6O2. The lowest BCUT2D eigenvalue weighted by atomic mass is 10.2. The molecule has 2 amide bonds. The van der Waals surface area contributed by atoms with Crippen molar-refractivity contribution in [1.29, 1.82) is 0 Å². The van der Waals surface area contributed by atoms with Crippen LogP contribution in [0.15, 0.2) is 24.3 Å². The second-order valence-corrected chi connectivity index (χ2v) is 7.81. The molecule has 3 rings (SSSR count). The molecule has 0 saturated carbocycles. The maximum absolute atomic E-state index is 12.5. The molecule has 8 heteroatoms. The molecule has 8 nitrogen and oxygen atoms in total. The van der Waals surface area contributed by atoms with E-state index in [-0.39, 0.29) is 17.9 Å². The highest BCUT2D eigenvalue weighted by Gasteiger charge is 2.31. The van der Waals surface area contributed by atoms with Crippen molar-refractivity contribution < 1.29 is 9.59 Å². The molecule has 0 spiro atoms. The fourth-order valence-electron chi connectivity index (χ4n) is 3.71. The minimum atomic E-state index is -0.219. The summed E-state index contributed by atoms with van der Waals surface area (Å²) in [6.45, 7) is 6.13. The highest BCUT2D eigenvalue weighted by Crippen LogP contribution is 2.19. The number of amides is 2. The minimum Gasteiger partial charge on any atom is -0.351 e. The first-order chi connectivity index (χ1) is 13.9. The SMILES string of the molecule is Cc1ccc(-n2nnc(C(=O)NCCCN3CCC[C@H]3C(=O)N(C)C)c2C)cc1. The van der Waals surface area contributed by atoms with Gasteiger partial charge < -0.3 is 10.2 Å². The van der Waals surface area contributed by atoms with Gasteiger partial charge in [0.15, 0.2) is 5.69 Å². The standard InChI is InChI=1S/C21H30N6O2/c1-15-8-10-17(11-9-15)27-16(2)19(23-24-27)20(28)22-12-6-14-26-13-5-7-18(26)21(29)25(3)4/h8-11,18H,5-7,12-14H2,1-4H3,(H,22,28)/t18-/m0/s1. The second kappa shape index (κ2) is 9.17. The summed E-state index contributed by atoms with van der Waals surface area (Å²) in [4.78, 5) is 28.6. The molecule has 1 aromatic heterocycles. The van der Waals surface area contributed by atoms with Crippen LogP contribution in [-0.4, -0.2) is 76.4 Å². The number of likely N-dealkylation sites (N-methyl/N-ethyl adjacent to an activating group) is 1. The fourth-order valence-corrected chi connectivity index (χ4v) is 3.71. The smallest absolute Gasteiger partial charge is 0.273 e. The molecule has 1 fully saturated rings. The summed E-state index contributed by atoms with van der Waals surface area (Å²) in [7, 11) is 3.59. The summed E-state index contributed by atoms with van der Waals surface area (Å²) in [5.41, 5.74) is 3.09. The molecule has 0 radical (unpaired) electrons. The van der Waals surface area contributed by atoms with E-state index in [2.05, 4.69) is 20.5 Å². The predicted molar refractivity (Wildman–Crippen MR) is 111 cm³/mol. The molecule has 2 heterocycles. The maximum Gasteiger partial charge on any atom is 0.273 e. The first-order valence-electron chi connectivity index (χ1n) is 10.1. The van der Waals surface area contributed by atoms with E-state index in [1.807, 2.05) is 38.1 Å². The van der Waals surface area contributed by atoms with E-state index in [9.17, 15) is 9.59 Å². The quantitative estimate of drug-likeness (QED) is 0.716. The van der Waals surface area contributed by atoms with Gasteiger partial charge in [-0.1, -0.05) is 22.9 Å². The number of aromatic nitrogens is 3. The second-order valence-electron chi connectivity index (χ2n) is 7.81. The van der Waals surface area contributed by atoms with Crippen LogP contribution in [0.25, 0.3) is 5.69 Å². The van der Waals surface area contributed by atoms with Gasteiger partial charge in [0.2, 0.25) is 5.91 Å². The van der Waals surface area contributed by atoms with Crippen molar-refractivity contribution in [2.45, 2.75) is 39.2 Å². The number of hydrogen-bond acceptors (Lipinski definition) is 5. The third kappa shape index (κ3) is 4.82. The number of nitrogens with one attached hydrogen (secondary N) is 1. The lowest BCUT2D eigenvalue weighted by molar-refractivity contribution is -0.133. The third-order valence-electron chi connectivity index (χ3n) is 5.39. The van der Waals surface area contributed by atoms with Crippen molar-refractivity contribution in [3.63, 3.8) is 0 Å². The van der Waals surface area contributed by atoms with Crippen molar-refractivity contribution in [2.24, 2.45) is 0 Å². The van der Waals surface area contributed by atoms with Crippen LogP contribution >= 0.6 is 0 Å². The van der Waals surface area contributed by atoms with Crippen molar-refractivity contribution in [3.05, 3.63) is 41.2 Å². The van der Waals surface area contributed by atoms with Gasteiger partial charge in [0, 0.05) is 27.2 Å². The number of carbonyl (C=O) groups excluding carboxylic acids is 2. The Hall–Kier alpha value is -2.74. The van der Waals surface area contributed by atoms with Gasteiger partial charge in [-0.05, 0) is 51.8 Å². The Bertz CT molecular complexity index is 859. The third-order valence-corrected chi connectivity index (χ3v) is 5.39. The molecule has 0 unspecified atom stereocenters. The van der Waals surface area contributed by atoms with Crippen molar-refractivity contribution in [2.75, 3.05) is 33.7 Å². The van der Waals surface area contributed by atoms with Crippen LogP contribution in [0.4, 0.5) is 0 Å². The Morgan fingerprint density at radius 2 is 1.93 bits per heavy atom. The average molecular weight is 399 g/mol. The summed E-state index contributed by atoms with van der Waals surface area (Å²) in [6.07, 6.45) is 2.73. The highest BCUT2D eigenvalue weighted by molar-refractivity contribution is 5.93. The van der Waals surface area contributed by atoms with E-state index in [0.29, 0.717) is 17.9 Å². The molecule has 1 aliphatic heterocycles. The van der Waals surface area contributed by atoms with Gasteiger partial charge in [-0.15, -0.1) is 5.10 Å². The zero-order chi connectivity index (χ0) is 21.0. The molecule has 1 N–H and O–H groups in total. The Balaban J connectivity index is 1.51. The molecule has 156 valence electrons. The predicted octanol–water partition coefficient (Wildman–Crippen LogP) is 1.56. The zero-order valence-electron chi connectivity index (χ0n) is 17.7. The maximum atomic E-state index is 12.5. The first kappa shape index (κ1) is 21.0. The van der Waals surface area contributed by atoms with Gasteiger partial charge in [0.25, 0.3) is 5.91 Å². The van der Waals surface area contributed by atoms with Gasteiger partial charge in [0.05, 0.1) is 17.4 Å². The van der Waals surface area contributed by atoms with E-state index in [0.717, 1.165) is 43.6 Å². The highest BCUT2D eigenvalue weighted by atomic mass is 16.2. The molecule has 0 aliphatic carbocycles. The molecular weight excluding hydrogens is 368 g/mol. The van der Waals surface area contributed by atoms with E-state index < -0.39 is 0 Å². The Kier molecular flexibility index (Phi) is 6.64. The first-order valence-corrected chi connectivity index (χ1v) is 10.1. The topological polar surface area (TPSA) is 83.4 Å². The number of aryl methyl sites for hydroxylation is 1. The normalized spacial score (nSPS) is 16.8. The van der Waals surface area contributed by atoms with Crippen molar-refractivity contribution >= 4 is 11.8 Å². The summed E-state index contributed by atoms with van der Waals surface area (Å²) in [5.74, 6) is -0.0573. The number of rotatable bonds is 7. The summed E-state index contributed by atoms with van der Waals surface area (Å²) in [5, 5.41) is 11.1. The zero-order valence-corrected chi connectivity index (χ0v) is 17.7. The van der Waals surface area contributed by atoms with Crippen molar-refractivity contribution in [1.82, 2.24) is 30.1 Å². The van der Waals surface area contributed by atoms with E-state index >= 15 is 0 Å². The van der Waals surface area contributed by atoms with E-state index in [1.54, 1.807) is 23.7 Å². The Morgan fingerprint density at radius 3 is 2.62 bits per heavy atom. The van der Waals surface area contributed by atoms with Crippen LogP contribution in [0.3, 0.4) is 0 Å². The van der Waals surface area contributed by atoms with Gasteiger partial charge in [-0.2, -0.15) is 0 Å². The van der Waals surface area contributed by atoms with Crippen LogP contribution < -0.4 is 5.32 Å². The number of likely N-dealkylation sites (tertiary alicyclic amines) is 1. The van der Waals surface area contributed by atoms with E-state index in [1.165, 1.54) is 0 Å². The van der Waals surface area contributed by atoms with Crippen LogP contribution in [0.5, 0.6) is 0 Å². The van der Waals surface area contributed by atoms with Gasteiger partial charge in [-0.25, -0.2) is 4.68 Å².